The van der Waals surface area contributed by atoms with Crippen LogP contribution in [0.4, 0.5) is 0 Å². The van der Waals surface area contributed by atoms with Crippen LogP contribution in [0.15, 0.2) is 24.3 Å². The normalized spacial score (nSPS) is 19.2. The molecule has 2 aliphatic rings. The van der Waals surface area contributed by atoms with E-state index < -0.39 is 0 Å². The Morgan fingerprint density at radius 3 is 2.83 bits per heavy atom. The highest BCUT2D eigenvalue weighted by molar-refractivity contribution is 5.99. The Kier molecular flexibility index (Phi) is 2.62. The predicted octanol–water partition coefficient (Wildman–Crippen LogP) is 3.19. The van der Waals surface area contributed by atoms with E-state index in [0.717, 1.165) is 36.3 Å². The number of rotatable bonds is 4. The molecule has 0 radical (unpaired) electrons. The second kappa shape index (κ2) is 4.16. The molecule has 1 aliphatic heterocycles. The predicted molar refractivity (Wildman–Crippen MR) is 68.6 cm³/mol. The molecule has 0 spiro atoms. The second-order valence-electron chi connectivity index (χ2n) is 4.94. The molecule has 1 aromatic rings. The number of carbonyl (C=O) groups is 1. The van der Waals surface area contributed by atoms with Gasteiger partial charge in [0.2, 0.25) is 6.79 Å². The first-order valence-corrected chi connectivity index (χ1v) is 6.36. The van der Waals surface area contributed by atoms with Crippen LogP contribution >= 0.6 is 0 Å². The molecule has 1 fully saturated rings. The minimum absolute atomic E-state index is 0.0488. The highest BCUT2D eigenvalue weighted by Gasteiger charge is 2.46. The lowest BCUT2D eigenvalue weighted by Crippen LogP contribution is -2.11. The third kappa shape index (κ3) is 1.90. The van der Waals surface area contributed by atoms with Crippen LogP contribution in [-0.2, 0) is 4.79 Å². The maximum atomic E-state index is 12.0. The van der Waals surface area contributed by atoms with Crippen LogP contribution in [0, 0.1) is 5.41 Å². The third-order valence-corrected chi connectivity index (χ3v) is 3.88. The molecule has 1 saturated carbocycles. The van der Waals surface area contributed by atoms with E-state index in [4.69, 9.17) is 9.47 Å². The summed E-state index contributed by atoms with van der Waals surface area (Å²) in [6.45, 7) is 2.36. The van der Waals surface area contributed by atoms with Gasteiger partial charge in [-0.15, -0.1) is 0 Å². The number of ketones is 1. The van der Waals surface area contributed by atoms with Crippen molar-refractivity contribution >= 4 is 11.9 Å². The van der Waals surface area contributed by atoms with Crippen LogP contribution in [0.3, 0.4) is 0 Å². The van der Waals surface area contributed by atoms with E-state index in [9.17, 15) is 4.79 Å². The Balaban J connectivity index is 1.75. The molecule has 0 unspecified atom stereocenters. The van der Waals surface area contributed by atoms with Crippen molar-refractivity contribution in [3.8, 4) is 11.5 Å². The summed E-state index contributed by atoms with van der Waals surface area (Å²) in [5.74, 6) is 1.77. The number of allylic oxidation sites excluding steroid dienone is 1. The molecule has 0 atom stereocenters. The van der Waals surface area contributed by atoms with Gasteiger partial charge in [0, 0.05) is 5.41 Å². The largest absolute Gasteiger partial charge is 0.454 e. The van der Waals surface area contributed by atoms with Crippen LogP contribution < -0.4 is 9.47 Å². The summed E-state index contributed by atoms with van der Waals surface area (Å²) in [5.41, 5.74) is 0.923. The van der Waals surface area contributed by atoms with Crippen molar-refractivity contribution in [1.82, 2.24) is 0 Å². The molecule has 3 nitrogen and oxygen atoms in total. The zero-order chi connectivity index (χ0) is 12.6. The summed E-state index contributed by atoms with van der Waals surface area (Å²) >= 11 is 0. The minimum atomic E-state index is -0.0488. The molecule has 94 valence electrons. The monoisotopic (exact) mass is 244 g/mol. The van der Waals surface area contributed by atoms with Crippen LogP contribution in [0.5, 0.6) is 11.5 Å². The van der Waals surface area contributed by atoms with Gasteiger partial charge in [-0.25, -0.2) is 0 Å². The summed E-state index contributed by atoms with van der Waals surface area (Å²) in [6.07, 6.45) is 6.58. The molecular formula is C15H16O3. The van der Waals surface area contributed by atoms with E-state index in [1.165, 1.54) is 0 Å². The van der Waals surface area contributed by atoms with Gasteiger partial charge in [-0.1, -0.05) is 19.1 Å². The molecule has 0 bridgehead atoms. The van der Waals surface area contributed by atoms with Crippen LogP contribution in [0.25, 0.3) is 6.08 Å². The van der Waals surface area contributed by atoms with Gasteiger partial charge in [-0.05, 0) is 43.0 Å². The third-order valence-electron chi connectivity index (χ3n) is 3.88. The highest BCUT2D eigenvalue weighted by atomic mass is 16.7. The molecule has 0 aromatic heterocycles. The number of benzene rings is 1. The Hall–Kier alpha value is -1.77. The van der Waals surface area contributed by atoms with Crippen LogP contribution in [-0.4, -0.2) is 12.6 Å². The summed E-state index contributed by atoms with van der Waals surface area (Å²) in [4.78, 5) is 12.0. The number of hydrogen-bond donors (Lipinski definition) is 0. The molecule has 3 heteroatoms. The average molecular weight is 244 g/mol. The van der Waals surface area contributed by atoms with Crippen molar-refractivity contribution in [2.45, 2.75) is 26.2 Å². The van der Waals surface area contributed by atoms with Gasteiger partial charge in [0.1, 0.15) is 0 Å². The summed E-state index contributed by atoms with van der Waals surface area (Å²) in [6, 6.07) is 5.71. The number of carbonyl (C=O) groups excluding carboxylic acids is 1. The van der Waals surface area contributed by atoms with E-state index in [1.54, 1.807) is 6.08 Å². The molecular weight excluding hydrogens is 228 g/mol. The highest BCUT2D eigenvalue weighted by Crippen LogP contribution is 2.49. The number of ether oxygens (including phenoxy) is 2. The first-order chi connectivity index (χ1) is 8.73. The molecule has 18 heavy (non-hydrogen) atoms. The van der Waals surface area contributed by atoms with Crippen molar-refractivity contribution < 1.29 is 14.3 Å². The van der Waals surface area contributed by atoms with Crippen molar-refractivity contribution in [3.63, 3.8) is 0 Å². The maximum absolute atomic E-state index is 12.0. The van der Waals surface area contributed by atoms with E-state index in [1.807, 2.05) is 24.3 Å². The molecule has 1 aromatic carbocycles. The quantitative estimate of drug-likeness (QED) is 0.763. The topological polar surface area (TPSA) is 35.5 Å². The van der Waals surface area contributed by atoms with Gasteiger partial charge >= 0.3 is 0 Å². The molecule has 1 aliphatic carbocycles. The lowest BCUT2D eigenvalue weighted by Gasteiger charge is -2.06. The Morgan fingerprint density at radius 2 is 2.11 bits per heavy atom. The number of hydrogen-bond acceptors (Lipinski definition) is 3. The number of fused-ring (bicyclic) bond motifs is 1. The lowest BCUT2D eigenvalue weighted by molar-refractivity contribution is -0.119. The maximum Gasteiger partial charge on any atom is 0.231 e. The first kappa shape index (κ1) is 11.3. The van der Waals surface area contributed by atoms with Crippen molar-refractivity contribution in [2.75, 3.05) is 6.79 Å². The van der Waals surface area contributed by atoms with Gasteiger partial charge in [0.15, 0.2) is 17.3 Å². The average Bonchev–Trinajstić information content (AvgIpc) is 3.07. The SMILES string of the molecule is CCC1(C(=O)/C=C/c2ccc3c(c2)OCO3)CC1. The van der Waals surface area contributed by atoms with E-state index in [0.29, 0.717) is 0 Å². The fraction of sp³-hybridized carbons (Fsp3) is 0.400. The van der Waals surface area contributed by atoms with Gasteiger partial charge in [-0.3, -0.25) is 4.79 Å². The van der Waals surface area contributed by atoms with Crippen LogP contribution in [0.2, 0.25) is 0 Å². The van der Waals surface area contributed by atoms with Crippen molar-refractivity contribution in [3.05, 3.63) is 29.8 Å². The first-order valence-electron chi connectivity index (χ1n) is 6.36. The fourth-order valence-corrected chi connectivity index (χ4v) is 2.29. The fourth-order valence-electron chi connectivity index (χ4n) is 2.29. The Morgan fingerprint density at radius 1 is 1.33 bits per heavy atom. The molecule has 0 N–H and O–H groups in total. The van der Waals surface area contributed by atoms with E-state index >= 15 is 0 Å². The van der Waals surface area contributed by atoms with Crippen molar-refractivity contribution in [2.24, 2.45) is 5.41 Å². The summed E-state index contributed by atoms with van der Waals surface area (Å²) < 4.78 is 10.6. The Labute approximate surface area is 106 Å². The van der Waals surface area contributed by atoms with Gasteiger partial charge in [0.05, 0.1) is 0 Å². The molecule has 0 saturated heterocycles. The minimum Gasteiger partial charge on any atom is -0.454 e. The summed E-state index contributed by atoms with van der Waals surface area (Å²) in [7, 11) is 0. The zero-order valence-corrected chi connectivity index (χ0v) is 10.4. The van der Waals surface area contributed by atoms with Gasteiger partial charge < -0.3 is 9.47 Å². The molecule has 1 heterocycles. The van der Waals surface area contributed by atoms with Crippen molar-refractivity contribution in [1.29, 1.82) is 0 Å². The lowest BCUT2D eigenvalue weighted by atomic mass is 9.97. The standard InChI is InChI=1S/C15H16O3/c1-2-15(7-8-15)14(16)6-4-11-3-5-12-13(9-11)18-10-17-12/h3-6,9H,2,7-8,10H2,1H3/b6-4+. The van der Waals surface area contributed by atoms with E-state index in [2.05, 4.69) is 6.92 Å². The second-order valence-corrected chi connectivity index (χ2v) is 4.94. The summed E-state index contributed by atoms with van der Waals surface area (Å²) in [5, 5.41) is 0. The van der Waals surface area contributed by atoms with Gasteiger partial charge in [-0.2, -0.15) is 0 Å². The zero-order valence-electron chi connectivity index (χ0n) is 10.4. The molecule has 3 rings (SSSR count). The molecule has 0 amide bonds. The van der Waals surface area contributed by atoms with Gasteiger partial charge in [0.25, 0.3) is 0 Å². The smallest absolute Gasteiger partial charge is 0.231 e. The van der Waals surface area contributed by atoms with Crippen LogP contribution in [0.1, 0.15) is 31.7 Å². The van der Waals surface area contributed by atoms with E-state index in [-0.39, 0.29) is 18.0 Å². The Bertz CT molecular complexity index is 512.